The number of morpholine rings is 1. The summed E-state index contributed by atoms with van der Waals surface area (Å²) in [6, 6.07) is 5.82. The Morgan fingerprint density at radius 1 is 1.28 bits per heavy atom. The van der Waals surface area contributed by atoms with Crippen molar-refractivity contribution in [1.82, 2.24) is 19.9 Å². The van der Waals surface area contributed by atoms with Crippen molar-refractivity contribution in [2.24, 2.45) is 0 Å². The fourth-order valence-electron chi connectivity index (χ4n) is 2.82. The summed E-state index contributed by atoms with van der Waals surface area (Å²) in [5.74, 6) is 1.06. The molecule has 0 unspecified atom stereocenters. The lowest BCUT2D eigenvalue weighted by molar-refractivity contribution is -0.0249. The Morgan fingerprint density at radius 2 is 2.08 bits per heavy atom. The Morgan fingerprint density at radius 3 is 2.84 bits per heavy atom. The van der Waals surface area contributed by atoms with Crippen molar-refractivity contribution in [2.75, 3.05) is 38.7 Å². The monoisotopic (exact) mass is 341 g/mol. The van der Waals surface area contributed by atoms with E-state index in [0.717, 1.165) is 18.7 Å². The number of aromatic nitrogens is 3. The van der Waals surface area contributed by atoms with E-state index in [4.69, 9.17) is 4.74 Å². The van der Waals surface area contributed by atoms with E-state index in [0.29, 0.717) is 19.7 Å². The molecule has 0 spiro atoms. The lowest BCUT2D eigenvalue weighted by Gasteiger charge is -2.32. The van der Waals surface area contributed by atoms with Crippen molar-refractivity contribution in [3.63, 3.8) is 0 Å². The Kier molecular flexibility index (Phi) is 5.55. The molecule has 132 valence electrons. The minimum absolute atomic E-state index is 0.0254. The number of nitrogens with zero attached hydrogens (tertiary/aromatic N) is 5. The van der Waals surface area contributed by atoms with Crippen LogP contribution in [0, 0.1) is 0 Å². The Labute approximate surface area is 147 Å². The van der Waals surface area contributed by atoms with Gasteiger partial charge < -0.3 is 14.5 Å². The first-order chi connectivity index (χ1) is 12.1. The van der Waals surface area contributed by atoms with Crippen LogP contribution in [0.25, 0.3) is 0 Å². The van der Waals surface area contributed by atoms with E-state index in [2.05, 4.69) is 21.0 Å². The maximum Gasteiger partial charge on any atom is 0.291 e. The summed E-state index contributed by atoms with van der Waals surface area (Å²) >= 11 is 0. The minimum Gasteiger partial charge on any atom is -0.375 e. The van der Waals surface area contributed by atoms with Crippen LogP contribution in [0.3, 0.4) is 0 Å². The predicted octanol–water partition coefficient (Wildman–Crippen LogP) is 1.41. The number of carbonyl (C=O) groups is 1. The first-order valence-corrected chi connectivity index (χ1v) is 8.43. The zero-order chi connectivity index (χ0) is 17.6. The molecule has 1 amide bonds. The molecule has 0 aromatic carbocycles. The number of amides is 1. The van der Waals surface area contributed by atoms with Crippen molar-refractivity contribution in [3.05, 3.63) is 48.2 Å². The van der Waals surface area contributed by atoms with Crippen molar-refractivity contribution in [2.45, 2.75) is 18.9 Å². The van der Waals surface area contributed by atoms with Gasteiger partial charge in [0.2, 0.25) is 5.82 Å². The summed E-state index contributed by atoms with van der Waals surface area (Å²) in [5, 5.41) is 0. The number of anilines is 1. The van der Waals surface area contributed by atoms with E-state index >= 15 is 0 Å². The molecule has 7 heteroatoms. The average Bonchev–Trinajstić information content (AvgIpc) is 2.67. The van der Waals surface area contributed by atoms with Crippen LogP contribution in [0.4, 0.5) is 5.82 Å². The maximum absolute atomic E-state index is 12.5. The fraction of sp³-hybridized carbons (Fsp3) is 0.444. The van der Waals surface area contributed by atoms with Crippen LogP contribution in [0.1, 0.15) is 22.6 Å². The number of pyridine rings is 1. The topological polar surface area (TPSA) is 71.5 Å². The van der Waals surface area contributed by atoms with Crippen LogP contribution in [0.15, 0.2) is 36.8 Å². The molecule has 2 aromatic rings. The van der Waals surface area contributed by atoms with Crippen LogP contribution in [0.2, 0.25) is 0 Å². The number of hydrogen-bond acceptors (Lipinski definition) is 6. The fourth-order valence-corrected chi connectivity index (χ4v) is 2.82. The minimum atomic E-state index is -0.132. The molecule has 1 saturated heterocycles. The predicted molar refractivity (Wildman–Crippen MR) is 94.6 cm³/mol. The van der Waals surface area contributed by atoms with Crippen LogP contribution < -0.4 is 4.90 Å². The molecule has 25 heavy (non-hydrogen) atoms. The molecule has 0 N–H and O–H groups in total. The molecule has 1 atom stereocenters. The van der Waals surface area contributed by atoms with Gasteiger partial charge in [-0.15, -0.1) is 0 Å². The summed E-state index contributed by atoms with van der Waals surface area (Å²) in [4.78, 5) is 28.7. The number of hydrogen-bond donors (Lipinski definition) is 0. The zero-order valence-electron chi connectivity index (χ0n) is 14.6. The van der Waals surface area contributed by atoms with Crippen molar-refractivity contribution < 1.29 is 9.53 Å². The highest BCUT2D eigenvalue weighted by atomic mass is 16.5. The van der Waals surface area contributed by atoms with Gasteiger partial charge in [0.25, 0.3) is 5.91 Å². The Bertz CT molecular complexity index is 708. The first-order valence-electron chi connectivity index (χ1n) is 8.43. The lowest BCUT2D eigenvalue weighted by Crippen LogP contribution is -2.46. The van der Waals surface area contributed by atoms with Crippen LogP contribution in [-0.2, 0) is 11.2 Å². The first kappa shape index (κ1) is 17.3. The highest BCUT2D eigenvalue weighted by Gasteiger charge is 2.26. The summed E-state index contributed by atoms with van der Waals surface area (Å²) in [5.41, 5.74) is 1.22. The number of rotatable bonds is 5. The molecular weight excluding hydrogens is 318 g/mol. The lowest BCUT2D eigenvalue weighted by atomic mass is 10.1. The molecule has 3 heterocycles. The van der Waals surface area contributed by atoms with Crippen LogP contribution >= 0.6 is 0 Å². The molecule has 7 nitrogen and oxygen atoms in total. The van der Waals surface area contributed by atoms with E-state index in [1.165, 1.54) is 5.56 Å². The second-order valence-electron chi connectivity index (χ2n) is 6.27. The molecule has 0 saturated carbocycles. The van der Waals surface area contributed by atoms with Gasteiger partial charge in [-0.05, 0) is 36.6 Å². The molecule has 0 radical (unpaired) electrons. The molecule has 3 rings (SSSR count). The molecule has 2 aromatic heterocycles. The van der Waals surface area contributed by atoms with E-state index in [1.54, 1.807) is 23.4 Å². The van der Waals surface area contributed by atoms with Gasteiger partial charge in [0.15, 0.2) is 0 Å². The SMILES string of the molecule is CN(C)c1cc(CC[C@H]2CN(C(=O)c3ncccn3)CCO2)ccn1. The third-order valence-corrected chi connectivity index (χ3v) is 4.21. The number of aryl methyl sites for hydroxylation is 1. The highest BCUT2D eigenvalue weighted by molar-refractivity contribution is 5.90. The third-order valence-electron chi connectivity index (χ3n) is 4.21. The van der Waals surface area contributed by atoms with E-state index < -0.39 is 0 Å². The molecule has 1 aliphatic heterocycles. The van der Waals surface area contributed by atoms with Gasteiger partial charge in [0, 0.05) is 45.8 Å². The quantitative estimate of drug-likeness (QED) is 0.819. The van der Waals surface area contributed by atoms with Crippen molar-refractivity contribution in [1.29, 1.82) is 0 Å². The largest absolute Gasteiger partial charge is 0.375 e. The molecule has 1 aliphatic rings. The van der Waals surface area contributed by atoms with E-state index in [1.807, 2.05) is 31.3 Å². The third kappa shape index (κ3) is 4.51. The van der Waals surface area contributed by atoms with Gasteiger partial charge in [-0.25, -0.2) is 15.0 Å². The maximum atomic E-state index is 12.5. The van der Waals surface area contributed by atoms with Crippen molar-refractivity contribution in [3.8, 4) is 0 Å². The van der Waals surface area contributed by atoms with Gasteiger partial charge in [-0.1, -0.05) is 0 Å². The summed E-state index contributed by atoms with van der Waals surface area (Å²) in [7, 11) is 3.96. The zero-order valence-corrected chi connectivity index (χ0v) is 14.6. The smallest absolute Gasteiger partial charge is 0.291 e. The van der Waals surface area contributed by atoms with Gasteiger partial charge in [-0.2, -0.15) is 0 Å². The number of ether oxygens (including phenoxy) is 1. The summed E-state index contributed by atoms with van der Waals surface area (Å²) in [6.07, 6.45) is 6.77. The van der Waals surface area contributed by atoms with Gasteiger partial charge in [0.05, 0.1) is 12.7 Å². The molecule has 0 bridgehead atoms. The van der Waals surface area contributed by atoms with E-state index in [-0.39, 0.29) is 17.8 Å². The number of carbonyl (C=O) groups excluding carboxylic acids is 1. The molecule has 0 aliphatic carbocycles. The average molecular weight is 341 g/mol. The summed E-state index contributed by atoms with van der Waals surface area (Å²) in [6.45, 7) is 1.69. The molecular formula is C18H23N5O2. The Balaban J connectivity index is 1.57. The van der Waals surface area contributed by atoms with Gasteiger partial charge in [0.1, 0.15) is 5.82 Å². The van der Waals surface area contributed by atoms with Crippen molar-refractivity contribution >= 4 is 11.7 Å². The second kappa shape index (κ2) is 8.02. The van der Waals surface area contributed by atoms with Gasteiger partial charge in [-0.3, -0.25) is 4.79 Å². The van der Waals surface area contributed by atoms with E-state index in [9.17, 15) is 4.79 Å². The normalized spacial score (nSPS) is 17.4. The van der Waals surface area contributed by atoms with Crippen LogP contribution in [-0.4, -0.2) is 65.7 Å². The van der Waals surface area contributed by atoms with Crippen LogP contribution in [0.5, 0.6) is 0 Å². The van der Waals surface area contributed by atoms with Gasteiger partial charge >= 0.3 is 0 Å². The molecule has 1 fully saturated rings. The second-order valence-corrected chi connectivity index (χ2v) is 6.27. The standard InChI is InChI=1S/C18H23N5O2/c1-22(2)16-12-14(6-9-19-16)4-5-15-13-23(10-11-25-15)18(24)17-20-7-3-8-21-17/h3,6-9,12,15H,4-5,10-11,13H2,1-2H3/t15-/m0/s1. The summed E-state index contributed by atoms with van der Waals surface area (Å²) < 4.78 is 5.83. The highest BCUT2D eigenvalue weighted by Crippen LogP contribution is 2.16. The Hall–Kier alpha value is -2.54.